The zero-order valence-electron chi connectivity index (χ0n) is 8.72. The zero-order chi connectivity index (χ0) is 10.8. The topological polar surface area (TPSA) is 63.3 Å². The Morgan fingerprint density at radius 3 is 2.75 bits per heavy atom. The summed E-state index contributed by atoms with van der Waals surface area (Å²) in [7, 11) is 0. The van der Waals surface area contributed by atoms with Crippen LogP contribution in [0.4, 0.5) is 0 Å². The standard InChI is InChI=1S/C12H13NO2.ClH/c13-11-6-9-3-1-8(2-4-12(14)15)5-10(9)7-11;/h1-5,11H,6-7,13H2,(H,14,15);1H. The summed E-state index contributed by atoms with van der Waals surface area (Å²) in [6.07, 6.45) is 4.57. The van der Waals surface area contributed by atoms with Crippen molar-refractivity contribution in [1.82, 2.24) is 0 Å². The molecule has 1 aromatic carbocycles. The van der Waals surface area contributed by atoms with Crippen LogP contribution in [0.25, 0.3) is 6.08 Å². The zero-order valence-corrected chi connectivity index (χ0v) is 9.54. The number of halogens is 1. The molecule has 1 atom stereocenters. The Labute approximate surface area is 100 Å². The van der Waals surface area contributed by atoms with Gasteiger partial charge in [-0.1, -0.05) is 18.2 Å². The second-order valence-corrected chi connectivity index (χ2v) is 3.87. The highest BCUT2D eigenvalue weighted by atomic mass is 35.5. The van der Waals surface area contributed by atoms with Crippen molar-refractivity contribution >= 4 is 24.5 Å². The summed E-state index contributed by atoms with van der Waals surface area (Å²) >= 11 is 0. The molecule has 0 spiro atoms. The molecule has 0 heterocycles. The highest BCUT2D eigenvalue weighted by Crippen LogP contribution is 2.22. The summed E-state index contributed by atoms with van der Waals surface area (Å²) in [5.74, 6) is -0.924. The molecule has 0 aliphatic heterocycles. The number of nitrogens with two attached hydrogens (primary N) is 1. The van der Waals surface area contributed by atoms with E-state index in [4.69, 9.17) is 10.8 Å². The van der Waals surface area contributed by atoms with Gasteiger partial charge in [-0.05, 0) is 35.6 Å². The van der Waals surface area contributed by atoms with Crippen molar-refractivity contribution in [2.45, 2.75) is 18.9 Å². The molecular formula is C12H14ClNO2. The molecule has 1 unspecified atom stereocenters. The predicted octanol–water partition coefficient (Wildman–Crippen LogP) is 1.63. The Kier molecular flexibility index (Phi) is 4.10. The van der Waals surface area contributed by atoms with E-state index >= 15 is 0 Å². The van der Waals surface area contributed by atoms with Crippen LogP contribution in [0, 0.1) is 0 Å². The Bertz CT molecular complexity index is 429. The second kappa shape index (κ2) is 5.14. The van der Waals surface area contributed by atoms with E-state index in [2.05, 4.69) is 0 Å². The molecule has 4 heteroatoms. The van der Waals surface area contributed by atoms with E-state index in [1.54, 1.807) is 6.08 Å². The number of rotatable bonds is 2. The number of benzene rings is 1. The molecule has 86 valence electrons. The fourth-order valence-electron chi connectivity index (χ4n) is 1.94. The highest BCUT2D eigenvalue weighted by Gasteiger charge is 2.17. The number of hydrogen-bond acceptors (Lipinski definition) is 2. The van der Waals surface area contributed by atoms with Gasteiger partial charge in [0.05, 0.1) is 0 Å². The third-order valence-electron chi connectivity index (χ3n) is 2.61. The van der Waals surface area contributed by atoms with E-state index in [1.807, 2.05) is 18.2 Å². The molecule has 0 aromatic heterocycles. The first-order valence-electron chi connectivity index (χ1n) is 4.93. The minimum Gasteiger partial charge on any atom is -0.478 e. The minimum atomic E-state index is -0.924. The van der Waals surface area contributed by atoms with Gasteiger partial charge in [-0.2, -0.15) is 0 Å². The predicted molar refractivity (Wildman–Crippen MR) is 65.7 cm³/mol. The molecular weight excluding hydrogens is 226 g/mol. The van der Waals surface area contributed by atoms with Crippen LogP contribution < -0.4 is 5.73 Å². The van der Waals surface area contributed by atoms with E-state index in [1.165, 1.54) is 11.1 Å². The molecule has 0 saturated heterocycles. The summed E-state index contributed by atoms with van der Waals surface area (Å²) in [4.78, 5) is 10.4. The summed E-state index contributed by atoms with van der Waals surface area (Å²) in [5, 5.41) is 8.50. The number of carboxylic acid groups (broad SMARTS) is 1. The van der Waals surface area contributed by atoms with E-state index in [9.17, 15) is 4.79 Å². The summed E-state index contributed by atoms with van der Waals surface area (Å²) in [5.41, 5.74) is 9.30. The van der Waals surface area contributed by atoms with Crippen LogP contribution >= 0.6 is 12.4 Å². The van der Waals surface area contributed by atoms with E-state index in [0.717, 1.165) is 24.5 Å². The molecule has 1 aromatic rings. The van der Waals surface area contributed by atoms with Crippen LogP contribution in [0.2, 0.25) is 0 Å². The average Bonchev–Trinajstić information content (AvgIpc) is 2.53. The smallest absolute Gasteiger partial charge is 0.328 e. The van der Waals surface area contributed by atoms with Crippen LogP contribution in [0.3, 0.4) is 0 Å². The number of hydrogen-bond donors (Lipinski definition) is 2. The molecule has 0 saturated carbocycles. The van der Waals surface area contributed by atoms with Crippen molar-refractivity contribution in [3.8, 4) is 0 Å². The van der Waals surface area contributed by atoms with Crippen molar-refractivity contribution in [2.24, 2.45) is 5.73 Å². The lowest BCUT2D eigenvalue weighted by atomic mass is 10.1. The molecule has 3 N–H and O–H groups in total. The molecule has 16 heavy (non-hydrogen) atoms. The van der Waals surface area contributed by atoms with Gasteiger partial charge in [0.2, 0.25) is 0 Å². The SMILES string of the molecule is Cl.NC1Cc2ccc(C=CC(=O)O)cc2C1. The Morgan fingerprint density at radius 2 is 2.06 bits per heavy atom. The number of carbonyl (C=O) groups is 1. The van der Waals surface area contributed by atoms with Crippen LogP contribution in [-0.4, -0.2) is 17.1 Å². The van der Waals surface area contributed by atoms with E-state index < -0.39 is 5.97 Å². The van der Waals surface area contributed by atoms with Crippen molar-refractivity contribution in [2.75, 3.05) is 0 Å². The van der Waals surface area contributed by atoms with Gasteiger partial charge in [0.15, 0.2) is 0 Å². The lowest BCUT2D eigenvalue weighted by Gasteiger charge is -1.99. The van der Waals surface area contributed by atoms with Crippen LogP contribution in [0.5, 0.6) is 0 Å². The van der Waals surface area contributed by atoms with Gasteiger partial charge < -0.3 is 10.8 Å². The van der Waals surface area contributed by atoms with Crippen molar-refractivity contribution < 1.29 is 9.90 Å². The maximum atomic E-state index is 10.4. The minimum absolute atomic E-state index is 0. The molecule has 3 nitrogen and oxygen atoms in total. The van der Waals surface area contributed by atoms with Crippen molar-refractivity contribution in [3.05, 3.63) is 41.0 Å². The van der Waals surface area contributed by atoms with Gasteiger partial charge in [-0.3, -0.25) is 0 Å². The Morgan fingerprint density at radius 1 is 1.38 bits per heavy atom. The van der Waals surface area contributed by atoms with Gasteiger partial charge in [0, 0.05) is 12.1 Å². The Balaban J connectivity index is 0.00000128. The second-order valence-electron chi connectivity index (χ2n) is 3.87. The van der Waals surface area contributed by atoms with Crippen LogP contribution in [0.1, 0.15) is 16.7 Å². The third kappa shape index (κ3) is 2.84. The molecule has 2 rings (SSSR count). The third-order valence-corrected chi connectivity index (χ3v) is 2.61. The normalized spacial score (nSPS) is 18.2. The van der Waals surface area contributed by atoms with Crippen LogP contribution in [0.15, 0.2) is 24.3 Å². The number of carboxylic acids is 1. The van der Waals surface area contributed by atoms with E-state index in [-0.39, 0.29) is 18.4 Å². The van der Waals surface area contributed by atoms with Crippen molar-refractivity contribution in [3.63, 3.8) is 0 Å². The van der Waals surface area contributed by atoms with Crippen LogP contribution in [-0.2, 0) is 17.6 Å². The summed E-state index contributed by atoms with van der Waals surface area (Å²) in [6.45, 7) is 0. The average molecular weight is 240 g/mol. The molecule has 0 amide bonds. The quantitative estimate of drug-likeness (QED) is 0.771. The fourth-order valence-corrected chi connectivity index (χ4v) is 1.94. The van der Waals surface area contributed by atoms with E-state index in [0.29, 0.717) is 0 Å². The Hall–Kier alpha value is -1.32. The molecule has 0 bridgehead atoms. The molecule has 1 aliphatic carbocycles. The van der Waals surface area contributed by atoms with Gasteiger partial charge in [0.25, 0.3) is 0 Å². The lowest BCUT2D eigenvalue weighted by Crippen LogP contribution is -2.18. The maximum absolute atomic E-state index is 10.4. The summed E-state index contributed by atoms with van der Waals surface area (Å²) < 4.78 is 0. The lowest BCUT2D eigenvalue weighted by molar-refractivity contribution is -0.131. The first kappa shape index (κ1) is 12.7. The van der Waals surface area contributed by atoms with Gasteiger partial charge in [-0.15, -0.1) is 12.4 Å². The highest BCUT2D eigenvalue weighted by molar-refractivity contribution is 5.85. The monoisotopic (exact) mass is 239 g/mol. The fraction of sp³-hybridized carbons (Fsp3) is 0.250. The summed E-state index contributed by atoms with van der Waals surface area (Å²) in [6, 6.07) is 6.19. The van der Waals surface area contributed by atoms with Gasteiger partial charge in [0.1, 0.15) is 0 Å². The largest absolute Gasteiger partial charge is 0.478 e. The first-order chi connectivity index (χ1) is 7.15. The van der Waals surface area contributed by atoms with Gasteiger partial charge >= 0.3 is 5.97 Å². The molecule has 0 fully saturated rings. The number of fused-ring (bicyclic) bond motifs is 1. The maximum Gasteiger partial charge on any atom is 0.328 e. The van der Waals surface area contributed by atoms with Gasteiger partial charge in [-0.25, -0.2) is 4.79 Å². The van der Waals surface area contributed by atoms with Crippen molar-refractivity contribution in [1.29, 1.82) is 0 Å². The molecule has 1 aliphatic rings. The number of aliphatic carboxylic acids is 1. The first-order valence-corrected chi connectivity index (χ1v) is 4.93. The molecule has 0 radical (unpaired) electrons.